The first-order valence-corrected chi connectivity index (χ1v) is 8.21. The van der Waals surface area contributed by atoms with Crippen LogP contribution in [-0.4, -0.2) is 42.9 Å². The summed E-state index contributed by atoms with van der Waals surface area (Å²) < 4.78 is 1.57. The Labute approximate surface area is 146 Å². The van der Waals surface area contributed by atoms with Gasteiger partial charge in [-0.25, -0.2) is 0 Å². The fraction of sp³-hybridized carbons (Fsp3) is 0.143. The summed E-state index contributed by atoms with van der Waals surface area (Å²) in [5, 5.41) is 24.0. The van der Waals surface area contributed by atoms with Crippen LogP contribution < -0.4 is 5.32 Å². The third kappa shape index (κ3) is 3.69. The number of tetrazole rings is 1. The molecule has 0 saturated carbocycles. The van der Waals surface area contributed by atoms with E-state index in [2.05, 4.69) is 31.0 Å². The first kappa shape index (κ1) is 16.3. The number of carbonyl (C=O) groups excluding carboxylic acids is 1. The molecule has 8 nitrogen and oxygen atoms in total. The minimum atomic E-state index is -0.257. The van der Waals surface area contributed by atoms with Crippen molar-refractivity contribution in [2.24, 2.45) is 0 Å². The molecule has 0 aliphatic rings. The largest absolute Gasteiger partial charge is 0.351 e. The molecule has 1 aromatic carbocycles. The summed E-state index contributed by atoms with van der Waals surface area (Å²) in [6, 6.07) is 10.4. The average molecular weight is 362 g/mol. The van der Waals surface area contributed by atoms with Crippen LogP contribution in [0.3, 0.4) is 0 Å². The number of nitrogens with zero attached hydrogens (tertiary/aromatic N) is 6. The van der Waals surface area contributed by atoms with Crippen molar-refractivity contribution in [3.63, 3.8) is 0 Å². The molecule has 0 spiro atoms. The summed E-state index contributed by atoms with van der Waals surface area (Å²) >= 11 is 7.13. The van der Waals surface area contributed by atoms with Gasteiger partial charge in [-0.15, -0.1) is 15.3 Å². The van der Waals surface area contributed by atoms with Crippen LogP contribution in [0.15, 0.2) is 46.6 Å². The van der Waals surface area contributed by atoms with Crippen LogP contribution in [0.1, 0.15) is 17.4 Å². The smallest absolute Gasteiger partial charge is 0.271 e. The summed E-state index contributed by atoms with van der Waals surface area (Å²) in [6.45, 7) is 2.37. The molecular weight excluding hydrogens is 350 g/mol. The SMILES string of the molecule is CCNC(=O)c1ccc(Sc2nnnn2-c2ccc(Cl)cc2)nn1. The molecule has 24 heavy (non-hydrogen) atoms. The molecule has 2 heterocycles. The molecule has 1 amide bonds. The molecule has 3 aromatic rings. The molecule has 0 radical (unpaired) electrons. The number of halogens is 1. The van der Waals surface area contributed by atoms with E-state index in [1.54, 1.807) is 28.9 Å². The summed E-state index contributed by atoms with van der Waals surface area (Å²) in [7, 11) is 0. The maximum atomic E-state index is 11.7. The molecule has 10 heteroatoms. The first-order valence-electron chi connectivity index (χ1n) is 7.01. The standard InChI is InChI=1S/C14H12ClN7OS/c1-2-16-13(23)11-7-8-12(18-17-11)24-14-19-20-21-22(14)10-5-3-9(15)4-6-10/h3-8H,2H2,1H3,(H,16,23). The van der Waals surface area contributed by atoms with E-state index in [1.807, 2.05) is 19.1 Å². The Morgan fingerprint density at radius 3 is 2.62 bits per heavy atom. The van der Waals surface area contributed by atoms with Crippen LogP contribution in [-0.2, 0) is 0 Å². The van der Waals surface area contributed by atoms with E-state index < -0.39 is 0 Å². The van der Waals surface area contributed by atoms with Gasteiger partial charge in [0.1, 0.15) is 5.03 Å². The van der Waals surface area contributed by atoms with Gasteiger partial charge in [0.15, 0.2) is 5.69 Å². The van der Waals surface area contributed by atoms with Crippen LogP contribution in [0.4, 0.5) is 0 Å². The van der Waals surface area contributed by atoms with Gasteiger partial charge in [0, 0.05) is 11.6 Å². The molecule has 3 rings (SSSR count). The lowest BCUT2D eigenvalue weighted by molar-refractivity contribution is 0.0949. The van der Waals surface area contributed by atoms with E-state index in [1.165, 1.54) is 11.8 Å². The van der Waals surface area contributed by atoms with Gasteiger partial charge in [0.05, 0.1) is 5.69 Å². The third-order valence-electron chi connectivity index (χ3n) is 2.92. The maximum Gasteiger partial charge on any atom is 0.271 e. The fourth-order valence-electron chi connectivity index (χ4n) is 1.83. The molecule has 0 bridgehead atoms. The Morgan fingerprint density at radius 2 is 1.96 bits per heavy atom. The zero-order valence-corrected chi connectivity index (χ0v) is 14.1. The zero-order chi connectivity index (χ0) is 16.9. The van der Waals surface area contributed by atoms with Crippen molar-refractivity contribution in [3.05, 3.63) is 47.1 Å². The molecule has 122 valence electrons. The minimum absolute atomic E-state index is 0.257. The van der Waals surface area contributed by atoms with Crippen molar-refractivity contribution in [3.8, 4) is 5.69 Å². The summed E-state index contributed by atoms with van der Waals surface area (Å²) in [6.07, 6.45) is 0. The van der Waals surface area contributed by atoms with Gasteiger partial charge in [0.2, 0.25) is 5.16 Å². The summed E-state index contributed by atoms with van der Waals surface area (Å²) in [4.78, 5) is 11.7. The van der Waals surface area contributed by atoms with Crippen LogP contribution >= 0.6 is 23.4 Å². The van der Waals surface area contributed by atoms with Crippen molar-refractivity contribution in [1.29, 1.82) is 0 Å². The van der Waals surface area contributed by atoms with E-state index in [4.69, 9.17) is 11.6 Å². The molecule has 2 aromatic heterocycles. The Bertz CT molecular complexity index is 835. The zero-order valence-electron chi connectivity index (χ0n) is 12.5. The van der Waals surface area contributed by atoms with Crippen molar-refractivity contribution < 1.29 is 4.79 Å². The van der Waals surface area contributed by atoms with Crippen molar-refractivity contribution in [1.82, 2.24) is 35.7 Å². The van der Waals surface area contributed by atoms with Crippen LogP contribution in [0.2, 0.25) is 5.02 Å². The second-order valence-electron chi connectivity index (χ2n) is 4.57. The first-order chi connectivity index (χ1) is 11.7. The van der Waals surface area contributed by atoms with E-state index in [9.17, 15) is 4.79 Å². The third-order valence-corrected chi connectivity index (χ3v) is 4.03. The highest BCUT2D eigenvalue weighted by Gasteiger charge is 2.12. The van der Waals surface area contributed by atoms with E-state index >= 15 is 0 Å². The second-order valence-corrected chi connectivity index (χ2v) is 5.99. The maximum absolute atomic E-state index is 11.7. The summed E-state index contributed by atoms with van der Waals surface area (Å²) in [5.74, 6) is -0.257. The fourth-order valence-corrected chi connectivity index (χ4v) is 2.66. The number of hydrogen-bond donors (Lipinski definition) is 1. The van der Waals surface area contributed by atoms with Gasteiger partial charge in [0.25, 0.3) is 5.91 Å². The van der Waals surface area contributed by atoms with Crippen molar-refractivity contribution >= 4 is 29.3 Å². The lowest BCUT2D eigenvalue weighted by Crippen LogP contribution is -2.23. The number of benzene rings is 1. The molecule has 0 aliphatic carbocycles. The van der Waals surface area contributed by atoms with Crippen LogP contribution in [0.25, 0.3) is 5.69 Å². The number of carbonyl (C=O) groups is 1. The quantitative estimate of drug-likeness (QED) is 0.742. The van der Waals surface area contributed by atoms with Crippen molar-refractivity contribution in [2.45, 2.75) is 17.1 Å². The van der Waals surface area contributed by atoms with Crippen LogP contribution in [0.5, 0.6) is 0 Å². The molecule has 0 aliphatic heterocycles. The highest BCUT2D eigenvalue weighted by atomic mass is 35.5. The number of rotatable bonds is 5. The van der Waals surface area contributed by atoms with E-state index in [-0.39, 0.29) is 11.6 Å². The van der Waals surface area contributed by atoms with Gasteiger partial charge in [-0.05, 0) is 65.5 Å². The van der Waals surface area contributed by atoms with Gasteiger partial charge in [-0.1, -0.05) is 11.6 Å². The Balaban J connectivity index is 1.79. The number of nitrogens with one attached hydrogen (secondary N) is 1. The lowest BCUT2D eigenvalue weighted by atomic mass is 10.3. The minimum Gasteiger partial charge on any atom is -0.351 e. The monoisotopic (exact) mass is 361 g/mol. The Morgan fingerprint density at radius 1 is 1.17 bits per heavy atom. The molecular formula is C14H12ClN7OS. The van der Waals surface area contributed by atoms with E-state index in [0.717, 1.165) is 5.69 Å². The van der Waals surface area contributed by atoms with E-state index in [0.29, 0.717) is 21.7 Å². The van der Waals surface area contributed by atoms with Gasteiger partial charge in [-0.2, -0.15) is 4.68 Å². The molecule has 0 saturated heterocycles. The summed E-state index contributed by atoms with van der Waals surface area (Å²) in [5.41, 5.74) is 1.04. The molecule has 1 N–H and O–H groups in total. The van der Waals surface area contributed by atoms with Gasteiger partial charge in [-0.3, -0.25) is 4.79 Å². The number of hydrogen-bond acceptors (Lipinski definition) is 7. The molecule has 0 atom stereocenters. The van der Waals surface area contributed by atoms with Crippen molar-refractivity contribution in [2.75, 3.05) is 6.54 Å². The average Bonchev–Trinajstić information content (AvgIpc) is 3.04. The lowest BCUT2D eigenvalue weighted by Gasteiger charge is -2.04. The topological polar surface area (TPSA) is 98.5 Å². The Kier molecular flexibility index (Phi) is 5.02. The second kappa shape index (κ2) is 7.37. The highest BCUT2D eigenvalue weighted by molar-refractivity contribution is 7.99. The van der Waals surface area contributed by atoms with Gasteiger partial charge >= 0.3 is 0 Å². The normalized spacial score (nSPS) is 10.6. The predicted molar refractivity (Wildman–Crippen MR) is 88.3 cm³/mol. The highest BCUT2D eigenvalue weighted by Crippen LogP contribution is 2.25. The molecule has 0 fully saturated rings. The number of aromatic nitrogens is 6. The van der Waals surface area contributed by atoms with Crippen LogP contribution in [0, 0.1) is 0 Å². The van der Waals surface area contributed by atoms with Gasteiger partial charge < -0.3 is 5.32 Å². The predicted octanol–water partition coefficient (Wildman–Crippen LogP) is 2.01. The molecule has 0 unspecified atom stereocenters. The number of amides is 1. The Hall–Kier alpha value is -2.52.